The van der Waals surface area contributed by atoms with Gasteiger partial charge in [0.05, 0.1) is 6.04 Å². The number of amides is 3. The van der Waals surface area contributed by atoms with E-state index in [1.165, 1.54) is 9.80 Å². The molecule has 1 atom stereocenters. The fourth-order valence-corrected chi connectivity index (χ4v) is 3.51. The van der Waals surface area contributed by atoms with Gasteiger partial charge in [0.1, 0.15) is 11.4 Å². The van der Waals surface area contributed by atoms with Crippen molar-refractivity contribution < 1.29 is 14.2 Å². The standard InChI is InChI=1S/C16H24N5O2/c1-7-8-19-14(22)12-13(18(6)16(19)23)17-15-20(9(2)3)10(4)11(5)21(12)15/h9,12H,7-8H2,1-6H3/q+1. The maximum atomic E-state index is 12.9. The van der Waals surface area contributed by atoms with Crippen molar-refractivity contribution in [2.24, 2.45) is 4.99 Å². The Morgan fingerprint density at radius 2 is 1.91 bits per heavy atom. The van der Waals surface area contributed by atoms with Gasteiger partial charge in [-0.25, -0.2) is 13.9 Å². The SMILES string of the molecule is CCCN1C(=O)C2C(=Nc3n(C(C)C)c(C)c(C)[n+]32)N(C)C1=O. The number of rotatable bonds is 3. The summed E-state index contributed by atoms with van der Waals surface area (Å²) >= 11 is 0. The summed E-state index contributed by atoms with van der Waals surface area (Å²) in [6, 6.07) is -0.585. The highest BCUT2D eigenvalue weighted by Gasteiger charge is 2.54. The van der Waals surface area contributed by atoms with Crippen molar-refractivity contribution in [2.75, 3.05) is 13.6 Å². The van der Waals surface area contributed by atoms with Gasteiger partial charge >= 0.3 is 12.0 Å². The van der Waals surface area contributed by atoms with E-state index >= 15 is 0 Å². The van der Waals surface area contributed by atoms with Gasteiger partial charge in [0.2, 0.25) is 11.9 Å². The summed E-state index contributed by atoms with van der Waals surface area (Å²) in [5.74, 6) is 1.10. The van der Waals surface area contributed by atoms with Crippen molar-refractivity contribution in [1.82, 2.24) is 14.4 Å². The zero-order valence-electron chi connectivity index (χ0n) is 14.6. The number of imide groups is 1. The van der Waals surface area contributed by atoms with Gasteiger partial charge in [-0.2, -0.15) is 0 Å². The maximum absolute atomic E-state index is 12.9. The Hall–Kier alpha value is -2.18. The van der Waals surface area contributed by atoms with Gasteiger partial charge in [-0.1, -0.05) is 11.9 Å². The first-order chi connectivity index (χ1) is 10.8. The van der Waals surface area contributed by atoms with Crippen LogP contribution in [-0.2, 0) is 4.79 Å². The highest BCUT2D eigenvalue weighted by molar-refractivity contribution is 6.19. The highest BCUT2D eigenvalue weighted by atomic mass is 16.2. The molecular formula is C16H24N5O2+. The third kappa shape index (κ3) is 1.95. The number of imidazole rings is 1. The third-order valence-corrected chi connectivity index (χ3v) is 4.72. The minimum atomic E-state index is -0.530. The second kappa shape index (κ2) is 5.18. The lowest BCUT2D eigenvalue weighted by Gasteiger charge is -2.33. The summed E-state index contributed by atoms with van der Waals surface area (Å²) in [4.78, 5) is 32.9. The molecule has 3 amide bonds. The molecule has 0 bridgehead atoms. The maximum Gasteiger partial charge on any atom is 0.402 e. The molecule has 0 saturated carbocycles. The molecular weight excluding hydrogens is 294 g/mol. The monoisotopic (exact) mass is 318 g/mol. The Kier molecular flexibility index (Phi) is 3.54. The molecule has 0 aliphatic carbocycles. The quantitative estimate of drug-likeness (QED) is 0.799. The fraction of sp³-hybridized carbons (Fsp3) is 0.625. The number of urea groups is 1. The number of hydrogen-bond donors (Lipinski definition) is 0. The lowest BCUT2D eigenvalue weighted by molar-refractivity contribution is -0.683. The lowest BCUT2D eigenvalue weighted by atomic mass is 10.1. The van der Waals surface area contributed by atoms with Crippen LogP contribution >= 0.6 is 0 Å². The molecule has 2 aliphatic rings. The van der Waals surface area contributed by atoms with Crippen LogP contribution in [0.2, 0.25) is 0 Å². The van der Waals surface area contributed by atoms with Gasteiger partial charge in [-0.05, 0) is 34.1 Å². The average molecular weight is 318 g/mol. The van der Waals surface area contributed by atoms with Gasteiger partial charge in [-0.3, -0.25) is 14.6 Å². The van der Waals surface area contributed by atoms with Crippen LogP contribution in [0.3, 0.4) is 0 Å². The number of amidine groups is 1. The lowest BCUT2D eigenvalue weighted by Crippen LogP contribution is -2.63. The predicted octanol–water partition coefficient (Wildman–Crippen LogP) is 1.86. The fourth-order valence-electron chi connectivity index (χ4n) is 3.51. The molecule has 0 radical (unpaired) electrons. The summed E-state index contributed by atoms with van der Waals surface area (Å²) in [5, 5.41) is 0. The number of hydrogen-bond acceptors (Lipinski definition) is 3. The summed E-state index contributed by atoms with van der Waals surface area (Å²) in [7, 11) is 1.69. The summed E-state index contributed by atoms with van der Waals surface area (Å²) < 4.78 is 4.09. The molecule has 1 aromatic rings. The van der Waals surface area contributed by atoms with Crippen LogP contribution in [-0.4, -0.2) is 45.7 Å². The van der Waals surface area contributed by atoms with E-state index in [0.717, 1.165) is 23.8 Å². The van der Waals surface area contributed by atoms with Crippen LogP contribution in [0.4, 0.5) is 10.7 Å². The first-order valence-electron chi connectivity index (χ1n) is 8.11. The van der Waals surface area contributed by atoms with Crippen LogP contribution in [0.1, 0.15) is 50.7 Å². The minimum absolute atomic E-state index is 0.179. The average Bonchev–Trinajstić information content (AvgIpc) is 2.98. The van der Waals surface area contributed by atoms with E-state index in [0.29, 0.717) is 12.4 Å². The predicted molar refractivity (Wildman–Crippen MR) is 85.8 cm³/mol. The number of nitrogens with zero attached hydrogens (tertiary/aromatic N) is 5. The van der Waals surface area contributed by atoms with E-state index in [-0.39, 0.29) is 18.0 Å². The molecule has 1 saturated heterocycles. The number of aromatic nitrogens is 2. The van der Waals surface area contributed by atoms with E-state index < -0.39 is 6.04 Å². The first-order valence-corrected chi connectivity index (χ1v) is 8.11. The second-order valence-corrected chi connectivity index (χ2v) is 6.51. The summed E-state index contributed by atoms with van der Waals surface area (Å²) in [5.41, 5.74) is 2.12. The van der Waals surface area contributed by atoms with E-state index in [1.54, 1.807) is 7.05 Å². The van der Waals surface area contributed by atoms with E-state index in [9.17, 15) is 9.59 Å². The van der Waals surface area contributed by atoms with Gasteiger partial charge in [-0.15, -0.1) is 0 Å². The Morgan fingerprint density at radius 1 is 1.26 bits per heavy atom. The molecule has 0 N–H and O–H groups in total. The van der Waals surface area contributed by atoms with Crippen molar-refractivity contribution in [3.63, 3.8) is 0 Å². The van der Waals surface area contributed by atoms with Gasteiger partial charge in [0, 0.05) is 13.6 Å². The molecule has 7 heteroatoms. The van der Waals surface area contributed by atoms with Gasteiger partial charge < -0.3 is 0 Å². The largest absolute Gasteiger partial charge is 0.402 e. The molecule has 2 aliphatic heterocycles. The Balaban J connectivity index is 2.18. The second-order valence-electron chi connectivity index (χ2n) is 6.51. The number of carbonyl (C=O) groups is 2. The van der Waals surface area contributed by atoms with Crippen LogP contribution in [0.5, 0.6) is 0 Å². The first kappa shape index (κ1) is 15.7. The molecule has 3 rings (SSSR count). The van der Waals surface area contributed by atoms with Crippen LogP contribution in [0.25, 0.3) is 0 Å². The van der Waals surface area contributed by atoms with Crippen molar-refractivity contribution in [2.45, 2.75) is 53.1 Å². The van der Waals surface area contributed by atoms with Crippen molar-refractivity contribution in [3.8, 4) is 0 Å². The van der Waals surface area contributed by atoms with E-state index in [2.05, 4.69) is 23.4 Å². The molecule has 124 valence electrons. The van der Waals surface area contributed by atoms with E-state index in [4.69, 9.17) is 0 Å². The van der Waals surface area contributed by atoms with Crippen molar-refractivity contribution in [1.29, 1.82) is 0 Å². The highest BCUT2D eigenvalue weighted by Crippen LogP contribution is 2.32. The molecule has 0 aromatic carbocycles. The molecule has 3 heterocycles. The topological polar surface area (TPSA) is 61.8 Å². The number of likely N-dealkylation sites (N-methyl/N-ethyl adjacent to an activating group) is 1. The number of fused-ring (bicyclic) bond motifs is 3. The molecule has 1 fully saturated rings. The summed E-state index contributed by atoms with van der Waals surface area (Å²) in [6.45, 7) is 10.6. The molecule has 0 spiro atoms. The summed E-state index contributed by atoms with van der Waals surface area (Å²) in [6.07, 6.45) is 0.743. The zero-order valence-corrected chi connectivity index (χ0v) is 14.6. The Labute approximate surface area is 136 Å². The molecule has 7 nitrogen and oxygen atoms in total. The zero-order chi connectivity index (χ0) is 17.0. The van der Waals surface area contributed by atoms with Gasteiger partial charge in [0.15, 0.2) is 0 Å². The van der Waals surface area contributed by atoms with Gasteiger partial charge in [0.25, 0.3) is 5.91 Å². The normalized spacial score (nSPS) is 20.3. The minimum Gasteiger partial charge on any atom is -0.270 e. The number of aliphatic imine (C=N–C) groups is 1. The molecule has 1 aromatic heterocycles. The number of carbonyl (C=O) groups excluding carboxylic acids is 2. The smallest absolute Gasteiger partial charge is 0.270 e. The Morgan fingerprint density at radius 3 is 2.48 bits per heavy atom. The van der Waals surface area contributed by atoms with Crippen molar-refractivity contribution in [3.05, 3.63) is 11.4 Å². The third-order valence-electron chi connectivity index (χ3n) is 4.72. The van der Waals surface area contributed by atoms with Crippen molar-refractivity contribution >= 4 is 23.7 Å². The molecule has 23 heavy (non-hydrogen) atoms. The Bertz CT molecular complexity index is 731. The molecule has 1 unspecified atom stereocenters. The van der Waals surface area contributed by atoms with Crippen LogP contribution in [0.15, 0.2) is 4.99 Å². The van der Waals surface area contributed by atoms with Crippen LogP contribution in [0, 0.1) is 13.8 Å². The van der Waals surface area contributed by atoms with Crippen LogP contribution < -0.4 is 4.57 Å². The van der Waals surface area contributed by atoms with E-state index in [1.807, 2.05) is 25.3 Å².